The molecular formula is C22H35IN4O2. The molecule has 1 atom stereocenters. The highest BCUT2D eigenvalue weighted by molar-refractivity contribution is 14.0. The zero-order valence-electron chi connectivity index (χ0n) is 18.2. The lowest BCUT2D eigenvalue weighted by Gasteiger charge is -2.18. The molecule has 0 saturated heterocycles. The molecule has 1 aromatic heterocycles. The Hall–Kier alpha value is -1.77. The Morgan fingerprint density at radius 1 is 1.17 bits per heavy atom. The summed E-state index contributed by atoms with van der Waals surface area (Å²) in [6.07, 6.45) is 2.13. The smallest absolute Gasteiger partial charge is 0.191 e. The number of benzene rings is 1. The van der Waals surface area contributed by atoms with E-state index in [-0.39, 0.29) is 29.9 Å². The zero-order valence-corrected chi connectivity index (χ0v) is 20.5. The highest BCUT2D eigenvalue weighted by atomic mass is 127. The number of guanidine groups is 1. The number of halogens is 1. The van der Waals surface area contributed by atoms with Crippen LogP contribution in [0.4, 0.5) is 0 Å². The molecule has 2 rings (SSSR count). The Morgan fingerprint density at radius 3 is 2.55 bits per heavy atom. The highest BCUT2D eigenvalue weighted by Crippen LogP contribution is 2.25. The topological polar surface area (TPSA) is 71.7 Å². The van der Waals surface area contributed by atoms with Crippen molar-refractivity contribution in [3.05, 3.63) is 47.3 Å². The fraction of sp³-hybridized carbons (Fsp3) is 0.545. The summed E-state index contributed by atoms with van der Waals surface area (Å²) in [5.41, 5.74) is 2.20. The Kier molecular flexibility index (Phi) is 11.7. The summed E-state index contributed by atoms with van der Waals surface area (Å²) in [6, 6.07) is 10.1. The van der Waals surface area contributed by atoms with E-state index in [9.17, 15) is 0 Å². The van der Waals surface area contributed by atoms with E-state index in [0.717, 1.165) is 49.1 Å². The SMILES string of the molecule is CCNC(=NCc1cc(C(CC)CC)no1)NCC(C)c1ccccc1OC.I. The number of ether oxygens (including phenoxy) is 1. The second-order valence-electron chi connectivity index (χ2n) is 6.95. The first kappa shape index (κ1) is 25.3. The van der Waals surface area contributed by atoms with Gasteiger partial charge in [0.25, 0.3) is 0 Å². The van der Waals surface area contributed by atoms with Gasteiger partial charge in [0, 0.05) is 31.0 Å². The van der Waals surface area contributed by atoms with Gasteiger partial charge in [-0.1, -0.05) is 44.1 Å². The van der Waals surface area contributed by atoms with Gasteiger partial charge in [0.2, 0.25) is 0 Å². The van der Waals surface area contributed by atoms with Crippen LogP contribution in [0.2, 0.25) is 0 Å². The summed E-state index contributed by atoms with van der Waals surface area (Å²) in [6.45, 7) is 10.6. The number of rotatable bonds is 10. The maximum Gasteiger partial charge on any atom is 0.191 e. The minimum Gasteiger partial charge on any atom is -0.496 e. The third kappa shape index (κ3) is 7.53. The number of para-hydroxylation sites is 1. The van der Waals surface area contributed by atoms with Crippen LogP contribution in [0.3, 0.4) is 0 Å². The third-order valence-corrected chi connectivity index (χ3v) is 4.96. The van der Waals surface area contributed by atoms with E-state index in [1.54, 1.807) is 7.11 Å². The largest absolute Gasteiger partial charge is 0.496 e. The van der Waals surface area contributed by atoms with E-state index < -0.39 is 0 Å². The molecule has 0 amide bonds. The maximum atomic E-state index is 5.47. The van der Waals surface area contributed by atoms with E-state index in [4.69, 9.17) is 9.26 Å². The van der Waals surface area contributed by atoms with Crippen LogP contribution in [-0.2, 0) is 6.54 Å². The van der Waals surface area contributed by atoms with Crippen molar-refractivity contribution in [1.29, 1.82) is 0 Å². The average molecular weight is 514 g/mol. The molecule has 2 aromatic rings. The molecule has 0 radical (unpaired) electrons. The van der Waals surface area contributed by atoms with Gasteiger partial charge in [-0.05, 0) is 31.4 Å². The summed E-state index contributed by atoms with van der Waals surface area (Å²) in [5, 5.41) is 10.9. The summed E-state index contributed by atoms with van der Waals surface area (Å²) in [5.74, 6) is 3.21. The molecule has 1 unspecified atom stereocenters. The van der Waals surface area contributed by atoms with Gasteiger partial charge in [-0.3, -0.25) is 0 Å². The van der Waals surface area contributed by atoms with Crippen LogP contribution in [0.5, 0.6) is 5.75 Å². The van der Waals surface area contributed by atoms with Gasteiger partial charge >= 0.3 is 0 Å². The van der Waals surface area contributed by atoms with Crippen LogP contribution in [0, 0.1) is 0 Å². The van der Waals surface area contributed by atoms with Crippen LogP contribution in [-0.4, -0.2) is 31.3 Å². The van der Waals surface area contributed by atoms with E-state index in [0.29, 0.717) is 12.5 Å². The van der Waals surface area contributed by atoms with E-state index in [1.165, 1.54) is 5.56 Å². The van der Waals surface area contributed by atoms with E-state index in [2.05, 4.69) is 54.5 Å². The molecule has 29 heavy (non-hydrogen) atoms. The molecular weight excluding hydrogens is 479 g/mol. The van der Waals surface area contributed by atoms with Gasteiger partial charge in [-0.25, -0.2) is 4.99 Å². The maximum absolute atomic E-state index is 5.47. The number of hydrogen-bond donors (Lipinski definition) is 2. The monoisotopic (exact) mass is 514 g/mol. The molecule has 0 saturated carbocycles. The van der Waals surface area contributed by atoms with Crippen LogP contribution < -0.4 is 15.4 Å². The second kappa shape index (κ2) is 13.5. The minimum atomic E-state index is 0. The van der Waals surface area contributed by atoms with E-state index in [1.807, 2.05) is 24.3 Å². The molecule has 162 valence electrons. The van der Waals surface area contributed by atoms with E-state index >= 15 is 0 Å². The molecule has 0 aliphatic heterocycles. The average Bonchev–Trinajstić information content (AvgIpc) is 3.19. The lowest BCUT2D eigenvalue weighted by molar-refractivity contribution is 0.372. The summed E-state index contributed by atoms with van der Waals surface area (Å²) >= 11 is 0. The van der Waals surface area contributed by atoms with Gasteiger partial charge in [-0.15, -0.1) is 24.0 Å². The fourth-order valence-electron chi connectivity index (χ4n) is 3.23. The van der Waals surface area contributed by atoms with Crippen molar-refractivity contribution < 1.29 is 9.26 Å². The molecule has 1 heterocycles. The van der Waals surface area contributed by atoms with Crippen molar-refractivity contribution in [2.75, 3.05) is 20.2 Å². The molecule has 0 fully saturated rings. The number of aliphatic imine (C=N–C) groups is 1. The summed E-state index contributed by atoms with van der Waals surface area (Å²) in [7, 11) is 1.71. The Bertz CT molecular complexity index is 744. The van der Waals surface area contributed by atoms with Gasteiger partial charge in [0.15, 0.2) is 11.7 Å². The van der Waals surface area contributed by atoms with Crippen molar-refractivity contribution >= 4 is 29.9 Å². The Labute approximate surface area is 191 Å². The van der Waals surface area contributed by atoms with Crippen molar-refractivity contribution in [3.8, 4) is 5.75 Å². The van der Waals surface area contributed by atoms with Gasteiger partial charge in [0.05, 0.1) is 12.8 Å². The molecule has 0 spiro atoms. The molecule has 0 bridgehead atoms. The standard InChI is InChI=1S/C22H34N4O2.HI/c1-6-17(7-2)20-13-18(28-26-20)15-25-22(23-8-3)24-14-16(4)19-11-9-10-12-21(19)27-5;/h9-13,16-17H,6-8,14-15H2,1-5H3,(H2,23,24,25);1H. The number of nitrogens with one attached hydrogen (secondary N) is 2. The quantitative estimate of drug-likeness (QED) is 0.264. The third-order valence-electron chi connectivity index (χ3n) is 4.96. The molecule has 7 heteroatoms. The Balaban J connectivity index is 0.00000420. The molecule has 2 N–H and O–H groups in total. The minimum absolute atomic E-state index is 0. The van der Waals surface area contributed by atoms with Gasteiger partial charge < -0.3 is 19.9 Å². The molecule has 6 nitrogen and oxygen atoms in total. The zero-order chi connectivity index (χ0) is 20.4. The highest BCUT2D eigenvalue weighted by Gasteiger charge is 2.14. The predicted molar refractivity (Wildman–Crippen MR) is 129 cm³/mol. The van der Waals surface area contributed by atoms with Crippen molar-refractivity contribution in [2.24, 2.45) is 4.99 Å². The summed E-state index contributed by atoms with van der Waals surface area (Å²) < 4.78 is 10.9. The fourth-order valence-corrected chi connectivity index (χ4v) is 3.23. The first-order valence-corrected chi connectivity index (χ1v) is 10.2. The first-order valence-electron chi connectivity index (χ1n) is 10.2. The Morgan fingerprint density at radius 2 is 1.90 bits per heavy atom. The van der Waals surface area contributed by atoms with Gasteiger partial charge in [-0.2, -0.15) is 0 Å². The number of nitrogens with zero attached hydrogens (tertiary/aromatic N) is 2. The summed E-state index contributed by atoms with van der Waals surface area (Å²) in [4.78, 5) is 4.65. The van der Waals surface area contributed by atoms with Crippen LogP contribution in [0.25, 0.3) is 0 Å². The first-order chi connectivity index (χ1) is 13.6. The van der Waals surface area contributed by atoms with Crippen LogP contribution in [0.15, 0.2) is 39.8 Å². The molecule has 0 aliphatic carbocycles. The van der Waals surface area contributed by atoms with Crippen molar-refractivity contribution in [2.45, 2.75) is 58.9 Å². The molecule has 1 aromatic carbocycles. The number of hydrogen-bond acceptors (Lipinski definition) is 4. The lowest BCUT2D eigenvalue weighted by atomic mass is 9.99. The van der Waals surface area contributed by atoms with Crippen LogP contribution >= 0.6 is 24.0 Å². The van der Waals surface area contributed by atoms with Crippen LogP contribution in [0.1, 0.15) is 69.4 Å². The molecule has 0 aliphatic rings. The normalized spacial score (nSPS) is 12.4. The second-order valence-corrected chi connectivity index (χ2v) is 6.95. The predicted octanol–water partition coefficient (Wildman–Crippen LogP) is 5.06. The van der Waals surface area contributed by atoms with Crippen molar-refractivity contribution in [1.82, 2.24) is 15.8 Å². The number of aromatic nitrogens is 1. The lowest BCUT2D eigenvalue weighted by Crippen LogP contribution is -2.39. The van der Waals surface area contributed by atoms with Gasteiger partial charge in [0.1, 0.15) is 12.3 Å². The number of methoxy groups -OCH3 is 1. The van der Waals surface area contributed by atoms with Crippen molar-refractivity contribution in [3.63, 3.8) is 0 Å².